The summed E-state index contributed by atoms with van der Waals surface area (Å²) in [6.45, 7) is 1.79. The van der Waals surface area contributed by atoms with Crippen molar-refractivity contribution in [2.24, 2.45) is 5.73 Å². The zero-order valence-corrected chi connectivity index (χ0v) is 14.0. The van der Waals surface area contributed by atoms with E-state index in [0.717, 1.165) is 43.4 Å². The zero-order valence-electron chi connectivity index (χ0n) is 14.0. The Morgan fingerprint density at radius 3 is 2.57 bits per heavy atom. The molecule has 5 nitrogen and oxygen atoms in total. The van der Waals surface area contributed by atoms with Gasteiger partial charge >= 0.3 is 0 Å². The Morgan fingerprint density at radius 1 is 1.22 bits per heavy atom. The van der Waals surface area contributed by atoms with Crippen LogP contribution in [0.3, 0.4) is 0 Å². The molecule has 1 saturated carbocycles. The molecular weight excluding hydrogens is 292 g/mol. The molecule has 1 amide bonds. The van der Waals surface area contributed by atoms with Crippen molar-refractivity contribution in [1.29, 1.82) is 0 Å². The number of rotatable bonds is 8. The fourth-order valence-electron chi connectivity index (χ4n) is 2.87. The van der Waals surface area contributed by atoms with Gasteiger partial charge < -0.3 is 20.5 Å². The average molecular weight is 320 g/mol. The van der Waals surface area contributed by atoms with E-state index in [-0.39, 0.29) is 5.91 Å². The minimum absolute atomic E-state index is 0.00708. The van der Waals surface area contributed by atoms with Crippen LogP contribution in [-0.2, 0) is 16.1 Å². The predicted molar refractivity (Wildman–Crippen MR) is 90.3 cm³/mol. The standard InChI is InChI=1S/C18H28N2O3/c1-22-16-8-6-15(7-9-16)14-23-13-5-12-20-17(21)18(19)10-3-2-4-11-18/h6-9H,2-5,10-14,19H2,1H3,(H,20,21). The maximum absolute atomic E-state index is 12.1. The molecule has 0 unspecified atom stereocenters. The molecule has 0 aliphatic heterocycles. The Hall–Kier alpha value is -1.59. The van der Waals surface area contributed by atoms with Crippen LogP contribution in [0.25, 0.3) is 0 Å². The number of nitrogens with two attached hydrogens (primary N) is 1. The number of amides is 1. The first kappa shape index (κ1) is 17.8. The van der Waals surface area contributed by atoms with Gasteiger partial charge in [-0.05, 0) is 37.0 Å². The fourth-order valence-corrected chi connectivity index (χ4v) is 2.87. The minimum atomic E-state index is -0.651. The minimum Gasteiger partial charge on any atom is -0.497 e. The summed E-state index contributed by atoms with van der Waals surface area (Å²) < 4.78 is 10.7. The van der Waals surface area contributed by atoms with E-state index in [1.165, 1.54) is 6.42 Å². The maximum Gasteiger partial charge on any atom is 0.240 e. The van der Waals surface area contributed by atoms with Gasteiger partial charge in [0.2, 0.25) is 5.91 Å². The second-order valence-electron chi connectivity index (χ2n) is 6.23. The van der Waals surface area contributed by atoms with Crippen molar-refractivity contribution in [3.63, 3.8) is 0 Å². The predicted octanol–water partition coefficient (Wildman–Crippen LogP) is 2.38. The van der Waals surface area contributed by atoms with E-state index >= 15 is 0 Å². The average Bonchev–Trinajstić information content (AvgIpc) is 2.59. The van der Waals surface area contributed by atoms with Crippen LogP contribution in [0.1, 0.15) is 44.1 Å². The molecule has 0 aromatic heterocycles. The highest BCUT2D eigenvalue weighted by Crippen LogP contribution is 2.25. The maximum atomic E-state index is 12.1. The van der Waals surface area contributed by atoms with Crippen molar-refractivity contribution < 1.29 is 14.3 Å². The topological polar surface area (TPSA) is 73.6 Å². The van der Waals surface area contributed by atoms with Crippen molar-refractivity contribution in [1.82, 2.24) is 5.32 Å². The van der Waals surface area contributed by atoms with E-state index in [2.05, 4.69) is 5.32 Å². The molecule has 23 heavy (non-hydrogen) atoms. The molecule has 1 fully saturated rings. The first-order chi connectivity index (χ1) is 11.1. The lowest BCUT2D eigenvalue weighted by Gasteiger charge is -2.31. The molecule has 0 atom stereocenters. The van der Waals surface area contributed by atoms with E-state index in [1.807, 2.05) is 24.3 Å². The molecule has 1 aromatic carbocycles. The molecule has 0 heterocycles. The molecular formula is C18H28N2O3. The molecule has 0 bridgehead atoms. The Morgan fingerprint density at radius 2 is 1.91 bits per heavy atom. The molecule has 5 heteroatoms. The molecule has 2 rings (SSSR count). The van der Waals surface area contributed by atoms with Gasteiger partial charge in [0.05, 0.1) is 19.3 Å². The second-order valence-corrected chi connectivity index (χ2v) is 6.23. The quantitative estimate of drug-likeness (QED) is 0.721. The second kappa shape index (κ2) is 8.89. The van der Waals surface area contributed by atoms with Gasteiger partial charge in [0.25, 0.3) is 0 Å². The van der Waals surface area contributed by atoms with Gasteiger partial charge in [0, 0.05) is 13.2 Å². The third-order valence-corrected chi connectivity index (χ3v) is 4.38. The van der Waals surface area contributed by atoms with E-state index in [9.17, 15) is 4.79 Å². The molecule has 128 valence electrons. The SMILES string of the molecule is COc1ccc(COCCCNC(=O)C2(N)CCCCC2)cc1. The first-order valence-corrected chi connectivity index (χ1v) is 8.42. The highest BCUT2D eigenvalue weighted by Gasteiger charge is 2.34. The number of hydrogen-bond donors (Lipinski definition) is 2. The Labute approximate surface area is 138 Å². The van der Waals surface area contributed by atoms with Crippen molar-refractivity contribution in [3.05, 3.63) is 29.8 Å². The number of benzene rings is 1. The lowest BCUT2D eigenvalue weighted by atomic mass is 9.82. The van der Waals surface area contributed by atoms with E-state index in [0.29, 0.717) is 19.8 Å². The van der Waals surface area contributed by atoms with Gasteiger partial charge in [0.1, 0.15) is 5.75 Å². The number of carbonyl (C=O) groups excluding carboxylic acids is 1. The number of ether oxygens (including phenoxy) is 2. The highest BCUT2D eigenvalue weighted by molar-refractivity contribution is 5.86. The van der Waals surface area contributed by atoms with Gasteiger partial charge in [-0.2, -0.15) is 0 Å². The van der Waals surface area contributed by atoms with Gasteiger partial charge in [-0.25, -0.2) is 0 Å². The number of hydrogen-bond acceptors (Lipinski definition) is 4. The van der Waals surface area contributed by atoms with Gasteiger partial charge in [-0.3, -0.25) is 4.79 Å². The van der Waals surface area contributed by atoms with E-state index < -0.39 is 5.54 Å². The summed E-state index contributed by atoms with van der Waals surface area (Å²) in [6.07, 6.45) is 5.67. The molecule has 1 aliphatic carbocycles. The van der Waals surface area contributed by atoms with Crippen LogP contribution in [0.2, 0.25) is 0 Å². The fraction of sp³-hybridized carbons (Fsp3) is 0.611. The van der Waals surface area contributed by atoms with E-state index in [1.54, 1.807) is 7.11 Å². The normalized spacial score (nSPS) is 16.8. The van der Waals surface area contributed by atoms with Gasteiger partial charge in [0.15, 0.2) is 0 Å². The summed E-state index contributed by atoms with van der Waals surface area (Å²) in [6, 6.07) is 7.82. The van der Waals surface area contributed by atoms with Crippen LogP contribution in [0, 0.1) is 0 Å². The largest absolute Gasteiger partial charge is 0.497 e. The van der Waals surface area contributed by atoms with Gasteiger partial charge in [-0.1, -0.05) is 31.4 Å². The van der Waals surface area contributed by atoms with Crippen LogP contribution in [0.15, 0.2) is 24.3 Å². The third kappa shape index (κ3) is 5.52. The smallest absolute Gasteiger partial charge is 0.240 e. The van der Waals surface area contributed by atoms with E-state index in [4.69, 9.17) is 15.2 Å². The summed E-state index contributed by atoms with van der Waals surface area (Å²) in [7, 11) is 1.65. The van der Waals surface area contributed by atoms with Crippen LogP contribution in [0.4, 0.5) is 0 Å². The molecule has 0 saturated heterocycles. The van der Waals surface area contributed by atoms with Gasteiger partial charge in [-0.15, -0.1) is 0 Å². The lowest BCUT2D eigenvalue weighted by molar-refractivity contribution is -0.127. The molecule has 0 radical (unpaired) electrons. The number of carbonyl (C=O) groups is 1. The highest BCUT2D eigenvalue weighted by atomic mass is 16.5. The summed E-state index contributed by atoms with van der Waals surface area (Å²) >= 11 is 0. The molecule has 1 aliphatic rings. The Balaban J connectivity index is 1.57. The van der Waals surface area contributed by atoms with Crippen LogP contribution in [-0.4, -0.2) is 31.7 Å². The van der Waals surface area contributed by atoms with Crippen molar-refractivity contribution in [2.45, 2.75) is 50.7 Å². The van der Waals surface area contributed by atoms with Crippen molar-refractivity contribution in [3.8, 4) is 5.75 Å². The lowest BCUT2D eigenvalue weighted by Crippen LogP contribution is -2.55. The molecule has 1 aromatic rings. The molecule has 3 N–H and O–H groups in total. The van der Waals surface area contributed by atoms with Crippen molar-refractivity contribution >= 4 is 5.91 Å². The molecule has 0 spiro atoms. The van der Waals surface area contributed by atoms with Crippen LogP contribution >= 0.6 is 0 Å². The van der Waals surface area contributed by atoms with Crippen LogP contribution < -0.4 is 15.8 Å². The summed E-state index contributed by atoms with van der Waals surface area (Å²) in [5.41, 5.74) is 6.65. The zero-order chi connectivity index (χ0) is 16.5. The Kier molecular flexibility index (Phi) is 6.86. The Bertz CT molecular complexity index is 482. The third-order valence-electron chi connectivity index (χ3n) is 4.38. The summed E-state index contributed by atoms with van der Waals surface area (Å²) in [4.78, 5) is 12.1. The van der Waals surface area contributed by atoms with Crippen molar-refractivity contribution in [2.75, 3.05) is 20.3 Å². The number of methoxy groups -OCH3 is 1. The number of nitrogens with one attached hydrogen (secondary N) is 1. The summed E-state index contributed by atoms with van der Waals surface area (Å²) in [5, 5.41) is 2.95. The van der Waals surface area contributed by atoms with Crippen LogP contribution in [0.5, 0.6) is 5.75 Å². The summed E-state index contributed by atoms with van der Waals surface area (Å²) in [5.74, 6) is 0.835. The first-order valence-electron chi connectivity index (χ1n) is 8.42. The monoisotopic (exact) mass is 320 g/mol.